The summed E-state index contributed by atoms with van der Waals surface area (Å²) in [5.74, 6) is 1.34. The number of nitrogens with one attached hydrogen (secondary N) is 1. The second-order valence-electron chi connectivity index (χ2n) is 5.38. The summed E-state index contributed by atoms with van der Waals surface area (Å²) in [4.78, 5) is 12.0. The molecule has 0 aliphatic carbocycles. The van der Waals surface area contributed by atoms with Gasteiger partial charge in [0.05, 0.1) is 34.9 Å². The minimum atomic E-state index is -2.64. The second-order valence-corrected chi connectivity index (χ2v) is 6.34. The summed E-state index contributed by atoms with van der Waals surface area (Å²) >= 11 is 1.34. The molecule has 0 saturated heterocycles. The molecule has 0 bridgehead atoms. The van der Waals surface area contributed by atoms with Gasteiger partial charge < -0.3 is 9.72 Å². The Labute approximate surface area is 146 Å². The monoisotopic (exact) mass is 360 g/mol. The van der Waals surface area contributed by atoms with Gasteiger partial charge in [-0.1, -0.05) is 23.9 Å². The lowest BCUT2D eigenvalue weighted by atomic mass is 10.3. The van der Waals surface area contributed by atoms with E-state index in [1.165, 1.54) is 11.8 Å². The average Bonchev–Trinajstić information content (AvgIpc) is 3.19. The molecule has 0 unspecified atom stereocenters. The van der Waals surface area contributed by atoms with Crippen LogP contribution in [-0.2, 0) is 5.75 Å². The summed E-state index contributed by atoms with van der Waals surface area (Å²) in [6, 6.07) is 12.4. The van der Waals surface area contributed by atoms with Gasteiger partial charge in [0.1, 0.15) is 11.6 Å². The molecule has 0 fully saturated rings. The number of nitrogens with zero attached hydrogens (tertiary/aromatic N) is 3. The van der Waals surface area contributed by atoms with Crippen molar-refractivity contribution >= 4 is 33.8 Å². The molecule has 0 radical (unpaired) electrons. The predicted octanol–water partition coefficient (Wildman–Crippen LogP) is 4.61. The molecule has 0 atom stereocenters. The van der Waals surface area contributed by atoms with Crippen LogP contribution in [0.4, 0.5) is 8.78 Å². The van der Waals surface area contributed by atoms with Crippen molar-refractivity contribution in [1.82, 2.24) is 19.5 Å². The van der Waals surface area contributed by atoms with E-state index in [1.807, 2.05) is 18.2 Å². The summed E-state index contributed by atoms with van der Waals surface area (Å²) < 4.78 is 33.0. The van der Waals surface area contributed by atoms with E-state index >= 15 is 0 Å². The van der Waals surface area contributed by atoms with E-state index in [0.717, 1.165) is 21.4 Å². The van der Waals surface area contributed by atoms with Gasteiger partial charge in [-0.2, -0.15) is 8.78 Å². The molecule has 0 saturated carbocycles. The van der Waals surface area contributed by atoms with E-state index in [2.05, 4.69) is 15.0 Å². The lowest BCUT2D eigenvalue weighted by Gasteiger charge is -2.06. The number of para-hydroxylation sites is 2. The summed E-state index contributed by atoms with van der Waals surface area (Å²) in [7, 11) is 1.60. The maximum Gasteiger partial charge on any atom is 0.320 e. The van der Waals surface area contributed by atoms with E-state index in [4.69, 9.17) is 4.74 Å². The minimum absolute atomic E-state index is 0.288. The second kappa shape index (κ2) is 6.36. The summed E-state index contributed by atoms with van der Waals surface area (Å²) in [6.45, 7) is -2.64. The fourth-order valence-electron chi connectivity index (χ4n) is 2.71. The van der Waals surface area contributed by atoms with Gasteiger partial charge >= 0.3 is 6.55 Å². The van der Waals surface area contributed by atoms with Crippen LogP contribution in [0.25, 0.3) is 22.1 Å². The fraction of sp³-hybridized carbons (Fsp3) is 0.176. The van der Waals surface area contributed by atoms with Crippen molar-refractivity contribution in [3.05, 3.63) is 48.3 Å². The van der Waals surface area contributed by atoms with Crippen molar-refractivity contribution in [3.8, 4) is 5.75 Å². The number of benzene rings is 2. The smallest absolute Gasteiger partial charge is 0.320 e. The number of aromatic nitrogens is 4. The molecule has 25 heavy (non-hydrogen) atoms. The van der Waals surface area contributed by atoms with Gasteiger partial charge in [0.2, 0.25) is 0 Å². The number of ether oxygens (including phenoxy) is 1. The molecule has 0 aliphatic heterocycles. The van der Waals surface area contributed by atoms with E-state index in [1.54, 1.807) is 31.4 Å². The number of halogens is 2. The first kappa shape index (κ1) is 15.9. The molecule has 8 heteroatoms. The molecule has 128 valence electrons. The number of imidazole rings is 2. The number of aromatic amines is 1. The van der Waals surface area contributed by atoms with E-state index in [9.17, 15) is 8.78 Å². The summed E-state index contributed by atoms with van der Waals surface area (Å²) in [5.41, 5.74) is 2.63. The zero-order valence-electron chi connectivity index (χ0n) is 13.2. The topological polar surface area (TPSA) is 55.7 Å². The Balaban J connectivity index is 1.63. The predicted molar refractivity (Wildman–Crippen MR) is 93.2 cm³/mol. The molecule has 4 aromatic rings. The normalized spacial score (nSPS) is 11.7. The largest absolute Gasteiger partial charge is 0.497 e. The number of H-pyrrole nitrogens is 1. The van der Waals surface area contributed by atoms with Crippen LogP contribution in [0.1, 0.15) is 12.4 Å². The highest BCUT2D eigenvalue weighted by atomic mass is 32.2. The van der Waals surface area contributed by atoms with Crippen LogP contribution in [0, 0.1) is 0 Å². The van der Waals surface area contributed by atoms with Gasteiger partial charge in [-0.15, -0.1) is 0 Å². The van der Waals surface area contributed by atoms with Gasteiger partial charge in [-0.3, -0.25) is 4.57 Å². The van der Waals surface area contributed by atoms with Gasteiger partial charge in [0, 0.05) is 6.07 Å². The van der Waals surface area contributed by atoms with Crippen LogP contribution in [0.3, 0.4) is 0 Å². The van der Waals surface area contributed by atoms with Gasteiger partial charge in [-0.05, 0) is 24.3 Å². The highest BCUT2D eigenvalue weighted by Gasteiger charge is 2.18. The third kappa shape index (κ3) is 2.93. The molecule has 1 N–H and O–H groups in total. The van der Waals surface area contributed by atoms with Gasteiger partial charge in [0.15, 0.2) is 5.16 Å². The van der Waals surface area contributed by atoms with Crippen molar-refractivity contribution in [2.45, 2.75) is 17.5 Å². The Hall–Kier alpha value is -2.61. The number of fused-ring (bicyclic) bond motifs is 2. The molecule has 2 aromatic heterocycles. The highest BCUT2D eigenvalue weighted by molar-refractivity contribution is 7.98. The van der Waals surface area contributed by atoms with Crippen molar-refractivity contribution < 1.29 is 13.5 Å². The zero-order chi connectivity index (χ0) is 17.4. The molecule has 5 nitrogen and oxygen atoms in total. The number of hydrogen-bond donors (Lipinski definition) is 1. The molecule has 4 rings (SSSR count). The van der Waals surface area contributed by atoms with Crippen molar-refractivity contribution in [3.63, 3.8) is 0 Å². The number of alkyl halides is 2. The first-order chi connectivity index (χ1) is 12.2. The van der Waals surface area contributed by atoms with Crippen LogP contribution in [0.15, 0.2) is 47.6 Å². The number of thioether (sulfide) groups is 1. The Bertz CT molecular complexity index is 1040. The lowest BCUT2D eigenvalue weighted by Crippen LogP contribution is -2.03. The molecule has 0 amide bonds. The molecule has 2 aromatic carbocycles. The first-order valence-corrected chi connectivity index (χ1v) is 8.55. The molecule has 0 spiro atoms. The fourth-order valence-corrected chi connectivity index (χ4v) is 3.52. The summed E-state index contributed by atoms with van der Waals surface area (Å²) in [6.07, 6.45) is 0. The number of hydrogen-bond acceptors (Lipinski definition) is 4. The maximum absolute atomic E-state index is 13.4. The molecular formula is C17H14F2N4OS. The summed E-state index contributed by atoms with van der Waals surface area (Å²) in [5, 5.41) is 0.649. The van der Waals surface area contributed by atoms with Crippen molar-refractivity contribution in [2.24, 2.45) is 0 Å². The van der Waals surface area contributed by atoms with Gasteiger partial charge in [-0.25, -0.2) is 9.97 Å². The third-order valence-electron chi connectivity index (χ3n) is 3.87. The molecule has 2 heterocycles. The standard InChI is InChI=1S/C17H14F2N4OS/c1-24-10-6-7-11-13(8-10)22-17(21-11)25-9-15-20-12-4-2-3-5-14(12)23(15)16(18)19/h2-8,16H,9H2,1H3,(H,21,22). The Morgan fingerprint density at radius 1 is 1.16 bits per heavy atom. The average molecular weight is 360 g/mol. The lowest BCUT2D eigenvalue weighted by molar-refractivity contribution is 0.0722. The van der Waals surface area contributed by atoms with Gasteiger partial charge in [0.25, 0.3) is 0 Å². The number of rotatable bonds is 5. The number of methoxy groups -OCH3 is 1. The Kier molecular flexibility index (Phi) is 4.04. The Morgan fingerprint density at radius 2 is 2.00 bits per heavy atom. The Morgan fingerprint density at radius 3 is 2.80 bits per heavy atom. The van der Waals surface area contributed by atoms with Crippen LogP contribution >= 0.6 is 11.8 Å². The molecular weight excluding hydrogens is 346 g/mol. The van der Waals surface area contributed by atoms with E-state index < -0.39 is 6.55 Å². The van der Waals surface area contributed by atoms with E-state index in [-0.39, 0.29) is 5.75 Å². The maximum atomic E-state index is 13.4. The van der Waals surface area contributed by atoms with Crippen molar-refractivity contribution in [2.75, 3.05) is 7.11 Å². The quantitative estimate of drug-likeness (QED) is 0.528. The molecule has 0 aliphatic rings. The first-order valence-electron chi connectivity index (χ1n) is 7.56. The highest BCUT2D eigenvalue weighted by Crippen LogP contribution is 2.29. The SMILES string of the molecule is COc1ccc2nc(SCc3nc4ccccc4n3C(F)F)[nH]c2c1. The van der Waals surface area contributed by atoms with Crippen LogP contribution in [0.2, 0.25) is 0 Å². The zero-order valence-corrected chi connectivity index (χ0v) is 14.1. The van der Waals surface area contributed by atoms with Crippen molar-refractivity contribution in [1.29, 1.82) is 0 Å². The van der Waals surface area contributed by atoms with E-state index in [0.29, 0.717) is 22.0 Å². The van der Waals surface area contributed by atoms with Crippen LogP contribution < -0.4 is 4.74 Å². The van der Waals surface area contributed by atoms with Crippen LogP contribution in [0.5, 0.6) is 5.75 Å². The third-order valence-corrected chi connectivity index (χ3v) is 4.74. The van der Waals surface area contributed by atoms with Crippen LogP contribution in [-0.4, -0.2) is 26.6 Å². The minimum Gasteiger partial charge on any atom is -0.497 e.